The van der Waals surface area contributed by atoms with Gasteiger partial charge in [0.05, 0.1) is 0 Å². The summed E-state index contributed by atoms with van der Waals surface area (Å²) < 4.78 is 28.4. The largest absolute Gasteiger partial charge is 0.350 e. The van der Waals surface area contributed by atoms with E-state index in [1.807, 2.05) is 9.47 Å². The van der Waals surface area contributed by atoms with E-state index in [9.17, 15) is 18.4 Å². The van der Waals surface area contributed by atoms with Crippen molar-refractivity contribution < 1.29 is 18.4 Å². The Bertz CT molecular complexity index is 937. The van der Waals surface area contributed by atoms with Crippen LogP contribution in [0.2, 0.25) is 0 Å². The average molecular weight is 403 g/mol. The third-order valence-corrected chi connectivity index (χ3v) is 5.80. The van der Waals surface area contributed by atoms with Gasteiger partial charge in [-0.05, 0) is 37.0 Å². The number of carbonyl (C=O) groups excluding carboxylic acids is 2. The first-order valence-electron chi connectivity index (χ1n) is 9.85. The zero-order valence-electron chi connectivity index (χ0n) is 16.2. The van der Waals surface area contributed by atoms with Crippen LogP contribution >= 0.6 is 0 Å². The van der Waals surface area contributed by atoms with Crippen LogP contribution in [0.3, 0.4) is 0 Å². The van der Waals surface area contributed by atoms with Crippen molar-refractivity contribution in [2.45, 2.75) is 51.1 Å². The summed E-state index contributed by atoms with van der Waals surface area (Å²) in [5.41, 5.74) is 0.496. The predicted octanol–water partition coefficient (Wildman–Crippen LogP) is 2.09. The Kier molecular flexibility index (Phi) is 5.29. The fourth-order valence-electron chi connectivity index (χ4n) is 4.18. The number of halogens is 2. The molecule has 1 atom stereocenters. The number of fused-ring (bicyclic) bond motifs is 1. The van der Waals surface area contributed by atoms with E-state index >= 15 is 0 Å². The predicted molar refractivity (Wildman–Crippen MR) is 99.8 cm³/mol. The molecule has 1 fully saturated rings. The van der Waals surface area contributed by atoms with E-state index in [0.29, 0.717) is 31.5 Å². The lowest BCUT2D eigenvalue weighted by Gasteiger charge is -2.31. The first-order chi connectivity index (χ1) is 13.9. The second-order valence-corrected chi connectivity index (χ2v) is 7.65. The van der Waals surface area contributed by atoms with Gasteiger partial charge in [-0.25, -0.2) is 8.78 Å². The smallest absolute Gasteiger partial charge is 0.243 e. The van der Waals surface area contributed by atoms with Crippen LogP contribution in [0.15, 0.2) is 18.2 Å². The molecule has 0 spiro atoms. The second kappa shape index (κ2) is 7.88. The molecule has 1 unspecified atom stereocenters. The molecule has 2 aromatic rings. The number of aryl methyl sites for hydroxylation is 1. The van der Waals surface area contributed by atoms with Crippen molar-refractivity contribution in [2.24, 2.45) is 0 Å². The van der Waals surface area contributed by atoms with E-state index < -0.39 is 17.7 Å². The molecule has 0 aliphatic carbocycles. The van der Waals surface area contributed by atoms with Crippen LogP contribution in [0, 0.1) is 11.6 Å². The van der Waals surface area contributed by atoms with Gasteiger partial charge in [0.25, 0.3) is 0 Å². The number of hydrogen-bond acceptors (Lipinski definition) is 4. The first kappa shape index (κ1) is 19.5. The van der Waals surface area contributed by atoms with Gasteiger partial charge in [-0.2, -0.15) is 0 Å². The van der Waals surface area contributed by atoms with Crippen molar-refractivity contribution in [2.75, 3.05) is 13.1 Å². The summed E-state index contributed by atoms with van der Waals surface area (Å²) in [7, 11) is 0. The van der Waals surface area contributed by atoms with Gasteiger partial charge >= 0.3 is 0 Å². The van der Waals surface area contributed by atoms with Crippen LogP contribution in [-0.2, 0) is 22.6 Å². The number of nitrogens with zero attached hydrogens (tertiary/aromatic N) is 4. The summed E-state index contributed by atoms with van der Waals surface area (Å²) in [4.78, 5) is 26.2. The summed E-state index contributed by atoms with van der Waals surface area (Å²) in [5, 5.41) is 11.4. The highest BCUT2D eigenvalue weighted by Gasteiger charge is 2.35. The number of benzene rings is 1. The molecule has 0 radical (unpaired) electrons. The minimum atomic E-state index is -0.932. The number of likely N-dealkylation sites (tertiary alicyclic amines) is 1. The van der Waals surface area contributed by atoms with Gasteiger partial charge < -0.3 is 14.8 Å². The lowest BCUT2D eigenvalue weighted by Crippen LogP contribution is -2.37. The molecule has 1 aromatic heterocycles. The van der Waals surface area contributed by atoms with Gasteiger partial charge in [0, 0.05) is 38.9 Å². The maximum atomic E-state index is 13.4. The maximum absolute atomic E-state index is 13.4. The number of rotatable bonds is 4. The highest BCUT2D eigenvalue weighted by molar-refractivity contribution is 5.81. The Balaban J connectivity index is 1.44. The fraction of sp³-hybridized carbons (Fsp3) is 0.500. The number of nitrogens with one attached hydrogen (secondary N) is 1. The highest BCUT2D eigenvalue weighted by Crippen LogP contribution is 2.34. The molecule has 7 nitrogen and oxygen atoms in total. The average Bonchev–Trinajstić information content (AvgIpc) is 3.31. The summed E-state index contributed by atoms with van der Waals surface area (Å²) in [5.74, 6) is -0.203. The summed E-state index contributed by atoms with van der Waals surface area (Å²) >= 11 is 0. The van der Waals surface area contributed by atoms with Gasteiger partial charge in [-0.3, -0.25) is 9.59 Å². The molecule has 2 amide bonds. The van der Waals surface area contributed by atoms with Crippen LogP contribution in [0.5, 0.6) is 0 Å². The minimum absolute atomic E-state index is 0.0735. The Hall–Kier alpha value is -2.84. The molecule has 2 aliphatic heterocycles. The van der Waals surface area contributed by atoms with Crippen LogP contribution in [0.25, 0.3) is 0 Å². The van der Waals surface area contributed by atoms with Crippen LogP contribution < -0.4 is 5.32 Å². The molecule has 154 valence electrons. The molecule has 1 saturated heterocycles. The number of amides is 2. The van der Waals surface area contributed by atoms with Crippen LogP contribution in [-0.4, -0.2) is 44.6 Å². The lowest BCUT2D eigenvalue weighted by atomic mass is 9.95. The number of hydrogen-bond donors (Lipinski definition) is 1. The van der Waals surface area contributed by atoms with Crippen LogP contribution in [0.4, 0.5) is 8.78 Å². The molecular weight excluding hydrogens is 380 g/mol. The Morgan fingerprint density at radius 1 is 1.14 bits per heavy atom. The second-order valence-electron chi connectivity index (χ2n) is 7.65. The van der Waals surface area contributed by atoms with Crippen molar-refractivity contribution in [3.63, 3.8) is 0 Å². The standard InChI is InChI=1S/C20H23F2N5O2/c1-12(28)26-8-6-14(7-9-26)19-25-24-18-5-4-17(27(18)19)20(29)23-11-13-2-3-15(21)16(22)10-13/h2-3,10,14,17H,4-9,11H2,1H3,(H,23,29). The van der Waals surface area contributed by atoms with Gasteiger partial charge in [0.2, 0.25) is 11.8 Å². The van der Waals surface area contributed by atoms with Crippen LogP contribution in [0.1, 0.15) is 55.4 Å². The van der Waals surface area contributed by atoms with Crippen molar-refractivity contribution in [1.82, 2.24) is 25.0 Å². The zero-order valence-corrected chi connectivity index (χ0v) is 16.2. The van der Waals surface area contributed by atoms with E-state index in [0.717, 1.165) is 36.6 Å². The van der Waals surface area contributed by atoms with Crippen molar-refractivity contribution in [3.05, 3.63) is 47.0 Å². The van der Waals surface area contributed by atoms with Gasteiger partial charge in [0.15, 0.2) is 11.6 Å². The normalized spacial score (nSPS) is 19.3. The first-order valence-corrected chi connectivity index (χ1v) is 9.85. The number of aromatic nitrogens is 3. The number of piperidine rings is 1. The highest BCUT2D eigenvalue weighted by atomic mass is 19.2. The zero-order chi connectivity index (χ0) is 20.5. The molecule has 0 saturated carbocycles. The monoisotopic (exact) mass is 403 g/mol. The van der Waals surface area contributed by atoms with E-state index in [2.05, 4.69) is 15.5 Å². The quantitative estimate of drug-likeness (QED) is 0.848. The Morgan fingerprint density at radius 3 is 2.59 bits per heavy atom. The molecule has 9 heteroatoms. The summed E-state index contributed by atoms with van der Waals surface area (Å²) in [6.45, 7) is 3.04. The SMILES string of the molecule is CC(=O)N1CCC(c2nnc3n2C(C(=O)NCc2ccc(F)c(F)c2)CC3)CC1. The third-order valence-electron chi connectivity index (χ3n) is 5.80. The summed E-state index contributed by atoms with van der Waals surface area (Å²) in [6, 6.07) is 3.18. The van der Waals surface area contributed by atoms with E-state index in [1.165, 1.54) is 6.07 Å². The Labute approximate surface area is 167 Å². The molecule has 29 heavy (non-hydrogen) atoms. The third kappa shape index (κ3) is 3.86. The molecule has 2 aliphatic rings. The molecule has 1 N–H and O–H groups in total. The van der Waals surface area contributed by atoms with E-state index in [4.69, 9.17) is 0 Å². The Morgan fingerprint density at radius 2 is 1.90 bits per heavy atom. The van der Waals surface area contributed by atoms with E-state index in [1.54, 1.807) is 6.92 Å². The summed E-state index contributed by atoms with van der Waals surface area (Å²) in [6.07, 6.45) is 2.89. The van der Waals surface area contributed by atoms with Crippen molar-refractivity contribution in [3.8, 4) is 0 Å². The van der Waals surface area contributed by atoms with E-state index in [-0.39, 0.29) is 24.3 Å². The fourth-order valence-corrected chi connectivity index (χ4v) is 4.18. The molecule has 3 heterocycles. The lowest BCUT2D eigenvalue weighted by molar-refractivity contribution is -0.129. The minimum Gasteiger partial charge on any atom is -0.350 e. The molecule has 4 rings (SSSR count). The van der Waals surface area contributed by atoms with Crippen molar-refractivity contribution in [1.29, 1.82) is 0 Å². The number of carbonyl (C=O) groups is 2. The molecule has 0 bridgehead atoms. The van der Waals surface area contributed by atoms with Gasteiger partial charge in [-0.15, -0.1) is 10.2 Å². The molecule has 1 aromatic carbocycles. The van der Waals surface area contributed by atoms with Gasteiger partial charge in [0.1, 0.15) is 17.7 Å². The molecular formula is C20H23F2N5O2. The topological polar surface area (TPSA) is 80.1 Å². The van der Waals surface area contributed by atoms with Gasteiger partial charge in [-0.1, -0.05) is 6.07 Å². The maximum Gasteiger partial charge on any atom is 0.243 e. The van der Waals surface area contributed by atoms with Crippen molar-refractivity contribution >= 4 is 11.8 Å².